The van der Waals surface area contributed by atoms with E-state index < -0.39 is 0 Å². The van der Waals surface area contributed by atoms with Gasteiger partial charge in [0.05, 0.1) is 33.2 Å². The van der Waals surface area contributed by atoms with E-state index in [-0.39, 0.29) is 5.97 Å². The van der Waals surface area contributed by atoms with E-state index in [1.54, 1.807) is 11.8 Å². The second kappa shape index (κ2) is 9.89. The summed E-state index contributed by atoms with van der Waals surface area (Å²) in [5.74, 6) is 0.957. The Labute approximate surface area is 226 Å². The number of benzene rings is 3. The molecule has 0 saturated carbocycles. The molecule has 9 heteroatoms. The molecular formula is C28H25BrN4O3S. The first-order valence-corrected chi connectivity index (χ1v) is 13.8. The monoisotopic (exact) mass is 576 g/mol. The highest BCUT2D eigenvalue weighted by atomic mass is 79.9. The van der Waals surface area contributed by atoms with Crippen molar-refractivity contribution in [2.75, 3.05) is 20.4 Å². The van der Waals surface area contributed by atoms with Crippen LogP contribution >= 0.6 is 27.7 Å². The number of esters is 1. The predicted octanol–water partition coefficient (Wildman–Crippen LogP) is 6.52. The van der Waals surface area contributed by atoms with Crippen molar-refractivity contribution >= 4 is 55.6 Å². The van der Waals surface area contributed by atoms with Crippen molar-refractivity contribution in [1.29, 1.82) is 0 Å². The summed E-state index contributed by atoms with van der Waals surface area (Å²) in [7, 11) is 2.01. The summed E-state index contributed by atoms with van der Waals surface area (Å²) in [5, 5.41) is 1.67. The highest BCUT2D eigenvalue weighted by molar-refractivity contribution is 9.10. The fraction of sp³-hybridized carbons (Fsp3) is 0.214. The zero-order valence-corrected chi connectivity index (χ0v) is 22.9. The molecule has 0 atom stereocenters. The summed E-state index contributed by atoms with van der Waals surface area (Å²) in [6.07, 6.45) is 0. The number of fused-ring (bicyclic) bond motifs is 4. The number of carbonyl (C=O) groups is 1. The number of aromatic amines is 1. The third-order valence-electron chi connectivity index (χ3n) is 6.43. The minimum absolute atomic E-state index is 0.294. The van der Waals surface area contributed by atoms with Gasteiger partial charge in [-0.25, -0.2) is 9.78 Å². The summed E-state index contributed by atoms with van der Waals surface area (Å²) < 4.78 is 14.7. The minimum Gasteiger partial charge on any atom is -0.477 e. The summed E-state index contributed by atoms with van der Waals surface area (Å²) in [6.45, 7) is 3.27. The molecule has 0 unspecified atom stereocenters. The number of thioether (sulfide) groups is 1. The number of hydrogen-bond donors (Lipinski definition) is 1. The number of nitrogens with zero attached hydrogens (tertiary/aromatic N) is 3. The zero-order chi connectivity index (χ0) is 25.5. The minimum atomic E-state index is -0.333. The van der Waals surface area contributed by atoms with E-state index in [0.717, 1.165) is 54.3 Å². The maximum Gasteiger partial charge on any atom is 0.340 e. The van der Waals surface area contributed by atoms with Crippen LogP contribution in [0, 0.1) is 0 Å². The molecule has 0 saturated heterocycles. The molecule has 37 heavy (non-hydrogen) atoms. The molecule has 2 aromatic heterocycles. The van der Waals surface area contributed by atoms with Crippen LogP contribution in [0.15, 0.2) is 70.3 Å². The molecule has 3 aromatic carbocycles. The SMILES string of the molecule is CCOC(=O)c1c(CSc2nc3ccccc3[nH]2)n(-c2ccccc2)c2cc(Br)c3c(c12)CN(C)CO3. The molecule has 1 N–H and O–H groups in total. The second-order valence-electron chi connectivity index (χ2n) is 8.91. The molecular weight excluding hydrogens is 552 g/mol. The van der Waals surface area contributed by atoms with Gasteiger partial charge in [0.1, 0.15) is 12.5 Å². The van der Waals surface area contributed by atoms with Gasteiger partial charge in [-0.3, -0.25) is 4.90 Å². The fourth-order valence-electron chi connectivity index (χ4n) is 4.89. The molecule has 0 aliphatic carbocycles. The zero-order valence-electron chi connectivity index (χ0n) is 20.5. The summed E-state index contributed by atoms with van der Waals surface area (Å²) in [4.78, 5) is 23.8. The molecule has 6 rings (SSSR count). The number of nitrogens with one attached hydrogen (secondary N) is 1. The number of aromatic nitrogens is 3. The van der Waals surface area contributed by atoms with Crippen LogP contribution in [0.3, 0.4) is 0 Å². The largest absolute Gasteiger partial charge is 0.477 e. The standard InChI is InChI=1S/C28H25BrN4O3S/c1-3-35-27(34)25-23(15-37-28-30-20-11-7-8-12-21(20)31-28)33(17-9-5-4-6-10-17)22-13-19(29)26-18(24(22)25)14-32(2)16-36-26/h4-13H,3,14-16H2,1-2H3,(H,30,31). The Kier molecular flexibility index (Phi) is 6.44. The Morgan fingerprint density at radius 3 is 2.76 bits per heavy atom. The number of carbonyl (C=O) groups excluding carboxylic acids is 1. The molecule has 1 aliphatic heterocycles. The number of H-pyrrole nitrogens is 1. The van der Waals surface area contributed by atoms with Crippen LogP contribution in [0.1, 0.15) is 28.5 Å². The molecule has 3 heterocycles. The van der Waals surface area contributed by atoms with E-state index in [9.17, 15) is 4.79 Å². The summed E-state index contributed by atoms with van der Waals surface area (Å²) in [6, 6.07) is 20.1. The molecule has 0 radical (unpaired) electrons. The van der Waals surface area contributed by atoms with E-state index in [0.29, 0.717) is 31.2 Å². The number of rotatable bonds is 6. The molecule has 0 amide bonds. The summed E-state index contributed by atoms with van der Waals surface area (Å²) in [5.41, 5.74) is 6.21. The predicted molar refractivity (Wildman–Crippen MR) is 150 cm³/mol. The van der Waals surface area contributed by atoms with Crippen molar-refractivity contribution in [2.45, 2.75) is 24.4 Å². The van der Waals surface area contributed by atoms with Crippen LogP contribution in [-0.4, -0.2) is 45.8 Å². The van der Waals surface area contributed by atoms with Gasteiger partial charge in [0, 0.05) is 34.6 Å². The van der Waals surface area contributed by atoms with Crippen LogP contribution in [0.25, 0.3) is 27.6 Å². The molecule has 7 nitrogen and oxygen atoms in total. The van der Waals surface area contributed by atoms with Crippen molar-refractivity contribution in [1.82, 2.24) is 19.4 Å². The third-order valence-corrected chi connectivity index (χ3v) is 7.90. The molecule has 5 aromatic rings. The van der Waals surface area contributed by atoms with Crippen LogP contribution in [0.4, 0.5) is 0 Å². The average molecular weight is 578 g/mol. The highest BCUT2D eigenvalue weighted by Gasteiger charge is 2.31. The highest BCUT2D eigenvalue weighted by Crippen LogP contribution is 2.44. The van der Waals surface area contributed by atoms with Gasteiger partial charge < -0.3 is 19.0 Å². The van der Waals surface area contributed by atoms with Gasteiger partial charge in [0.2, 0.25) is 0 Å². The normalized spacial score (nSPS) is 13.6. The lowest BCUT2D eigenvalue weighted by molar-refractivity contribution is 0.0527. The Morgan fingerprint density at radius 2 is 1.97 bits per heavy atom. The smallest absolute Gasteiger partial charge is 0.340 e. The first kappa shape index (κ1) is 24.1. The van der Waals surface area contributed by atoms with Crippen molar-refractivity contribution in [3.05, 3.63) is 82.0 Å². The Hall–Kier alpha value is -3.27. The van der Waals surface area contributed by atoms with Crippen molar-refractivity contribution in [2.24, 2.45) is 0 Å². The first-order valence-electron chi connectivity index (χ1n) is 12.0. The van der Waals surface area contributed by atoms with E-state index in [1.165, 1.54) is 0 Å². The molecule has 0 fully saturated rings. The fourth-order valence-corrected chi connectivity index (χ4v) is 6.35. The van der Waals surface area contributed by atoms with Gasteiger partial charge in [-0.1, -0.05) is 42.1 Å². The lowest BCUT2D eigenvalue weighted by atomic mass is 10.0. The Balaban J connectivity index is 1.59. The van der Waals surface area contributed by atoms with Gasteiger partial charge in [0.25, 0.3) is 0 Å². The maximum absolute atomic E-state index is 13.6. The molecule has 188 valence electrons. The van der Waals surface area contributed by atoms with Crippen molar-refractivity contribution in [3.8, 4) is 11.4 Å². The number of halogens is 1. The van der Waals surface area contributed by atoms with E-state index in [4.69, 9.17) is 14.5 Å². The van der Waals surface area contributed by atoms with Crippen molar-refractivity contribution < 1.29 is 14.3 Å². The van der Waals surface area contributed by atoms with Crippen molar-refractivity contribution in [3.63, 3.8) is 0 Å². The molecule has 1 aliphatic rings. The van der Waals surface area contributed by atoms with Gasteiger partial charge in [0.15, 0.2) is 5.16 Å². The lowest BCUT2D eigenvalue weighted by Crippen LogP contribution is -2.28. The summed E-state index contributed by atoms with van der Waals surface area (Å²) >= 11 is 5.30. The van der Waals surface area contributed by atoms with Crippen LogP contribution in [-0.2, 0) is 17.0 Å². The van der Waals surface area contributed by atoms with Crippen LogP contribution in [0.2, 0.25) is 0 Å². The third kappa shape index (κ3) is 4.31. The van der Waals surface area contributed by atoms with Crippen LogP contribution in [0.5, 0.6) is 5.75 Å². The number of para-hydroxylation sites is 3. The second-order valence-corrected chi connectivity index (χ2v) is 10.7. The van der Waals surface area contributed by atoms with E-state index in [1.807, 2.05) is 62.5 Å². The topological polar surface area (TPSA) is 72.4 Å². The van der Waals surface area contributed by atoms with Gasteiger partial charge in [-0.05, 0) is 60.2 Å². The number of imidazole rings is 1. The van der Waals surface area contributed by atoms with Crippen LogP contribution < -0.4 is 4.74 Å². The maximum atomic E-state index is 13.6. The van der Waals surface area contributed by atoms with E-state index in [2.05, 4.69) is 42.5 Å². The Bertz CT molecular complexity index is 1600. The number of ether oxygens (including phenoxy) is 2. The first-order chi connectivity index (χ1) is 18.0. The quantitative estimate of drug-likeness (QED) is 0.183. The van der Waals surface area contributed by atoms with Gasteiger partial charge >= 0.3 is 5.97 Å². The average Bonchev–Trinajstić information content (AvgIpc) is 3.46. The Morgan fingerprint density at radius 1 is 1.19 bits per heavy atom. The van der Waals surface area contributed by atoms with Gasteiger partial charge in [-0.15, -0.1) is 0 Å². The van der Waals surface area contributed by atoms with E-state index >= 15 is 0 Å². The molecule has 0 bridgehead atoms. The van der Waals surface area contributed by atoms with Gasteiger partial charge in [-0.2, -0.15) is 0 Å². The molecule has 0 spiro atoms. The lowest BCUT2D eigenvalue weighted by Gasteiger charge is -2.27. The number of hydrogen-bond acceptors (Lipinski definition) is 6.